The van der Waals surface area contributed by atoms with E-state index in [0.29, 0.717) is 0 Å². The van der Waals surface area contributed by atoms with Crippen molar-refractivity contribution >= 4 is 71.6 Å². The Labute approximate surface area is 353 Å². The van der Waals surface area contributed by atoms with Crippen molar-refractivity contribution in [1.82, 2.24) is 4.57 Å². The summed E-state index contributed by atoms with van der Waals surface area (Å²) >= 11 is 0. The van der Waals surface area contributed by atoms with E-state index >= 15 is 0 Å². The number of rotatable bonds is 7. The molecular weight excluding hydrogens is 741 g/mol. The van der Waals surface area contributed by atoms with Gasteiger partial charge in [0.2, 0.25) is 0 Å². The van der Waals surface area contributed by atoms with E-state index in [2.05, 4.69) is 234 Å². The molecule has 0 amide bonds. The highest BCUT2D eigenvalue weighted by Crippen LogP contribution is 2.50. The molecule has 0 bridgehead atoms. The summed E-state index contributed by atoms with van der Waals surface area (Å²) < 4.78 is 9.13. The molecule has 0 unspecified atom stereocenters. The lowest BCUT2D eigenvalue weighted by atomic mass is 9.94. The SMILES string of the molecule is c1ccc(-c2cc(-c3ccc4ccccc4c3)ccc2N(c2ccccc2-c2cccc3c2oc2ccccc23)c2cccc3c2c2ccccc2n3-c2ccccc2)cc1. The average Bonchev–Trinajstić information content (AvgIpc) is 3.89. The Morgan fingerprint density at radius 1 is 0.344 bits per heavy atom. The maximum atomic E-state index is 6.73. The van der Waals surface area contributed by atoms with E-state index in [0.717, 1.165) is 83.5 Å². The number of nitrogens with zero attached hydrogens (tertiary/aromatic N) is 2. The molecule has 286 valence electrons. The smallest absolute Gasteiger partial charge is 0.143 e. The maximum Gasteiger partial charge on any atom is 0.143 e. The van der Waals surface area contributed by atoms with Gasteiger partial charge in [0.05, 0.1) is 28.1 Å². The Hall–Kier alpha value is -8.14. The summed E-state index contributed by atoms with van der Waals surface area (Å²) in [5.41, 5.74) is 15.1. The molecule has 12 aromatic rings. The second-order valence-electron chi connectivity index (χ2n) is 15.7. The number of aromatic nitrogens is 1. The van der Waals surface area contributed by atoms with Crippen LogP contribution in [0.4, 0.5) is 17.1 Å². The zero-order valence-corrected chi connectivity index (χ0v) is 33.2. The van der Waals surface area contributed by atoms with Gasteiger partial charge in [-0.15, -0.1) is 0 Å². The predicted octanol–water partition coefficient (Wildman–Crippen LogP) is 16.3. The Kier molecular flexibility index (Phi) is 8.17. The fourth-order valence-corrected chi connectivity index (χ4v) is 9.42. The van der Waals surface area contributed by atoms with Crippen LogP contribution in [-0.2, 0) is 0 Å². The highest BCUT2D eigenvalue weighted by molar-refractivity contribution is 6.18. The van der Waals surface area contributed by atoms with Crippen LogP contribution in [0, 0.1) is 0 Å². The van der Waals surface area contributed by atoms with Crippen molar-refractivity contribution < 1.29 is 4.42 Å². The van der Waals surface area contributed by atoms with Gasteiger partial charge in [0.25, 0.3) is 0 Å². The van der Waals surface area contributed by atoms with E-state index in [1.807, 2.05) is 6.07 Å². The van der Waals surface area contributed by atoms with Gasteiger partial charge >= 0.3 is 0 Å². The lowest BCUT2D eigenvalue weighted by Crippen LogP contribution is -2.13. The highest BCUT2D eigenvalue weighted by atomic mass is 16.3. The number of hydrogen-bond donors (Lipinski definition) is 0. The fraction of sp³-hybridized carbons (Fsp3) is 0. The molecule has 0 atom stereocenters. The van der Waals surface area contributed by atoms with Crippen LogP contribution in [-0.4, -0.2) is 4.57 Å². The van der Waals surface area contributed by atoms with Crippen LogP contribution in [0.25, 0.3) is 93.6 Å². The topological polar surface area (TPSA) is 21.3 Å². The molecule has 3 nitrogen and oxygen atoms in total. The molecule has 61 heavy (non-hydrogen) atoms. The van der Waals surface area contributed by atoms with Gasteiger partial charge in [0.1, 0.15) is 11.2 Å². The molecule has 2 heterocycles. The van der Waals surface area contributed by atoms with Crippen LogP contribution >= 0.6 is 0 Å². The molecule has 0 aliphatic carbocycles. The molecular formula is C58H38N2O. The van der Waals surface area contributed by atoms with Crippen LogP contribution in [0.5, 0.6) is 0 Å². The summed E-state index contributed by atoms with van der Waals surface area (Å²) in [7, 11) is 0. The zero-order chi connectivity index (χ0) is 40.3. The molecule has 0 saturated carbocycles. The van der Waals surface area contributed by atoms with E-state index in [-0.39, 0.29) is 0 Å². The molecule has 0 fully saturated rings. The monoisotopic (exact) mass is 778 g/mol. The first kappa shape index (κ1) is 34.9. The van der Waals surface area contributed by atoms with Crippen LogP contribution in [0.15, 0.2) is 235 Å². The second-order valence-corrected chi connectivity index (χ2v) is 15.7. The van der Waals surface area contributed by atoms with E-state index in [9.17, 15) is 0 Å². The van der Waals surface area contributed by atoms with E-state index in [1.165, 1.54) is 27.1 Å². The number of para-hydroxylation sites is 5. The second kappa shape index (κ2) is 14.3. The third-order valence-corrected chi connectivity index (χ3v) is 12.2. The molecule has 0 aliphatic heterocycles. The summed E-state index contributed by atoms with van der Waals surface area (Å²) in [6, 6.07) is 83.0. The van der Waals surface area contributed by atoms with E-state index in [4.69, 9.17) is 4.42 Å². The summed E-state index contributed by atoms with van der Waals surface area (Å²) in [5.74, 6) is 0. The summed E-state index contributed by atoms with van der Waals surface area (Å²) in [5, 5.41) is 7.04. The van der Waals surface area contributed by atoms with Crippen molar-refractivity contribution in [2.75, 3.05) is 4.90 Å². The lowest BCUT2D eigenvalue weighted by Gasteiger charge is -2.31. The minimum atomic E-state index is 0.880. The Balaban J connectivity index is 1.18. The molecule has 0 radical (unpaired) electrons. The van der Waals surface area contributed by atoms with Gasteiger partial charge in [0, 0.05) is 43.9 Å². The van der Waals surface area contributed by atoms with Crippen LogP contribution < -0.4 is 4.90 Å². The lowest BCUT2D eigenvalue weighted by molar-refractivity contribution is 0.670. The first-order valence-electron chi connectivity index (χ1n) is 20.8. The van der Waals surface area contributed by atoms with Gasteiger partial charge in [-0.2, -0.15) is 0 Å². The Morgan fingerprint density at radius 2 is 0.951 bits per heavy atom. The molecule has 10 aromatic carbocycles. The van der Waals surface area contributed by atoms with Crippen molar-refractivity contribution in [2.24, 2.45) is 0 Å². The average molecular weight is 779 g/mol. The number of hydrogen-bond acceptors (Lipinski definition) is 2. The third-order valence-electron chi connectivity index (χ3n) is 12.2. The van der Waals surface area contributed by atoms with Gasteiger partial charge in [-0.05, 0) is 88.1 Å². The van der Waals surface area contributed by atoms with Crippen molar-refractivity contribution in [3.05, 3.63) is 231 Å². The fourth-order valence-electron chi connectivity index (χ4n) is 9.42. The van der Waals surface area contributed by atoms with Crippen molar-refractivity contribution in [3.8, 4) is 39.1 Å². The van der Waals surface area contributed by atoms with Gasteiger partial charge in [-0.25, -0.2) is 0 Å². The van der Waals surface area contributed by atoms with Crippen LogP contribution in [0.1, 0.15) is 0 Å². The van der Waals surface area contributed by atoms with Crippen molar-refractivity contribution in [3.63, 3.8) is 0 Å². The van der Waals surface area contributed by atoms with Gasteiger partial charge < -0.3 is 13.9 Å². The highest BCUT2D eigenvalue weighted by Gasteiger charge is 2.26. The standard InChI is InChI=1S/C58H38N2O/c1-3-18-40(19-4-1)50-38-43(42-34-33-39-17-7-8-20-41(39)37-42)35-36-53(50)60(51-28-12-9-23-45(51)47-26-15-27-48-46-24-11-14-32-56(46)61-58(47)48)55-31-16-30-54-57(55)49-25-10-13-29-52(49)59(54)44-21-5-2-6-22-44/h1-38H. The largest absolute Gasteiger partial charge is 0.455 e. The summed E-state index contributed by atoms with van der Waals surface area (Å²) in [6.45, 7) is 0. The van der Waals surface area contributed by atoms with E-state index in [1.54, 1.807) is 0 Å². The van der Waals surface area contributed by atoms with Crippen molar-refractivity contribution in [2.45, 2.75) is 0 Å². The molecule has 0 aliphatic rings. The summed E-state index contributed by atoms with van der Waals surface area (Å²) in [6.07, 6.45) is 0. The summed E-state index contributed by atoms with van der Waals surface area (Å²) in [4.78, 5) is 2.49. The minimum absolute atomic E-state index is 0.880. The van der Waals surface area contributed by atoms with E-state index < -0.39 is 0 Å². The maximum absolute atomic E-state index is 6.73. The third kappa shape index (κ3) is 5.74. The number of anilines is 3. The number of benzene rings is 10. The minimum Gasteiger partial charge on any atom is -0.455 e. The van der Waals surface area contributed by atoms with Crippen LogP contribution in [0.3, 0.4) is 0 Å². The first-order valence-corrected chi connectivity index (χ1v) is 20.8. The molecule has 0 N–H and O–H groups in total. The first-order chi connectivity index (χ1) is 30.3. The van der Waals surface area contributed by atoms with Gasteiger partial charge in [-0.1, -0.05) is 170 Å². The van der Waals surface area contributed by atoms with Gasteiger partial charge in [-0.3, -0.25) is 0 Å². The molecule has 0 saturated heterocycles. The zero-order valence-electron chi connectivity index (χ0n) is 33.2. The Morgan fingerprint density at radius 3 is 1.84 bits per heavy atom. The molecule has 12 rings (SSSR count). The quantitative estimate of drug-likeness (QED) is 0.161. The Bertz CT molecular complexity index is 3600. The predicted molar refractivity (Wildman–Crippen MR) is 257 cm³/mol. The molecule has 0 spiro atoms. The number of fused-ring (bicyclic) bond motifs is 7. The molecule has 2 aromatic heterocycles. The molecule has 3 heteroatoms. The van der Waals surface area contributed by atoms with Crippen LogP contribution in [0.2, 0.25) is 0 Å². The number of furan rings is 1. The van der Waals surface area contributed by atoms with Crippen molar-refractivity contribution in [1.29, 1.82) is 0 Å². The van der Waals surface area contributed by atoms with Gasteiger partial charge in [0.15, 0.2) is 0 Å². The normalized spacial score (nSPS) is 11.6.